The smallest absolute Gasteiger partial charge is 0.379 e. The van der Waals surface area contributed by atoms with Crippen molar-refractivity contribution >= 4 is 29.0 Å². The van der Waals surface area contributed by atoms with Gasteiger partial charge >= 0.3 is 12.4 Å². The van der Waals surface area contributed by atoms with Gasteiger partial charge in [-0.2, -0.15) is 26.3 Å². The molecule has 0 aliphatic carbocycles. The van der Waals surface area contributed by atoms with Crippen LogP contribution in [0.25, 0.3) is 10.4 Å². The average molecular weight is 582 g/mol. The van der Waals surface area contributed by atoms with E-state index in [0.29, 0.717) is 37.6 Å². The molecule has 2 amide bonds. The number of halogens is 6. The van der Waals surface area contributed by atoms with Crippen molar-refractivity contribution in [2.24, 2.45) is 0 Å². The number of pyridine rings is 1. The molecular weight excluding hydrogens is 552 g/mol. The molecule has 2 aromatic heterocycles. The fourth-order valence-electron chi connectivity index (χ4n) is 3.87. The number of nitrogens with one attached hydrogen (secondary N) is 2. The van der Waals surface area contributed by atoms with Gasteiger partial charge in [-0.1, -0.05) is 0 Å². The number of rotatable bonds is 6. The molecule has 0 bridgehead atoms. The number of aliphatic hydroxyl groups is 1. The number of carbonyl (C=O) groups excluding carboxylic acids is 2. The highest BCUT2D eigenvalue weighted by atomic mass is 32.1. The van der Waals surface area contributed by atoms with Gasteiger partial charge in [0.15, 0.2) is 10.6 Å². The number of nitrogens with zero attached hydrogens (tertiary/aromatic N) is 3. The molecule has 15 heteroatoms. The quantitative estimate of drug-likeness (QED) is 0.410. The van der Waals surface area contributed by atoms with E-state index < -0.39 is 63.7 Å². The molecule has 39 heavy (non-hydrogen) atoms. The highest BCUT2D eigenvalue weighted by molar-refractivity contribution is 7.17. The van der Waals surface area contributed by atoms with E-state index in [1.54, 1.807) is 27.7 Å². The molecule has 1 fully saturated rings. The normalized spacial score (nSPS) is 18.2. The Bertz CT molecular complexity index is 1240. The number of aromatic nitrogens is 2. The van der Waals surface area contributed by atoms with E-state index in [1.807, 2.05) is 5.32 Å². The van der Waals surface area contributed by atoms with Crippen LogP contribution in [0.1, 0.15) is 73.3 Å². The number of amides is 2. The predicted octanol–water partition coefficient (Wildman–Crippen LogP) is 5.10. The number of hydrogen-bond donors (Lipinski definition) is 3. The predicted molar refractivity (Wildman–Crippen MR) is 132 cm³/mol. The zero-order valence-electron chi connectivity index (χ0n) is 21.8. The third-order valence-corrected chi connectivity index (χ3v) is 7.09. The van der Waals surface area contributed by atoms with Gasteiger partial charge in [-0.25, -0.2) is 9.97 Å². The summed E-state index contributed by atoms with van der Waals surface area (Å²) in [5.41, 5.74) is -5.96. The van der Waals surface area contributed by atoms with Gasteiger partial charge in [0.05, 0.1) is 17.0 Å². The summed E-state index contributed by atoms with van der Waals surface area (Å²) in [5, 5.41) is 13.8. The summed E-state index contributed by atoms with van der Waals surface area (Å²) in [4.78, 5) is 35.2. The van der Waals surface area contributed by atoms with Crippen molar-refractivity contribution in [3.05, 3.63) is 28.5 Å². The van der Waals surface area contributed by atoms with Crippen LogP contribution in [0.15, 0.2) is 12.3 Å². The van der Waals surface area contributed by atoms with Gasteiger partial charge in [0.25, 0.3) is 11.8 Å². The van der Waals surface area contributed by atoms with Gasteiger partial charge in [-0.3, -0.25) is 9.59 Å². The second-order valence-corrected chi connectivity index (χ2v) is 11.6. The van der Waals surface area contributed by atoms with E-state index in [-0.39, 0.29) is 16.7 Å². The lowest BCUT2D eigenvalue weighted by Crippen LogP contribution is -2.51. The highest BCUT2D eigenvalue weighted by Crippen LogP contribution is 2.42. The molecule has 0 saturated carbocycles. The maximum Gasteiger partial charge on any atom is 0.418 e. The molecule has 0 aromatic carbocycles. The average Bonchev–Trinajstić information content (AvgIpc) is 3.41. The van der Waals surface area contributed by atoms with Crippen LogP contribution in [-0.4, -0.2) is 68.2 Å². The van der Waals surface area contributed by atoms with E-state index in [9.17, 15) is 41.0 Å². The number of carbonyl (C=O) groups is 2. The van der Waals surface area contributed by atoms with Gasteiger partial charge in [0.1, 0.15) is 11.5 Å². The zero-order chi connectivity index (χ0) is 29.6. The maximum absolute atomic E-state index is 14.2. The SMILES string of the molecule is CC1CCCN1C(=O)c1nc(C(=O)NCC(C)(O)C(F)(F)F)sc1-c1cnc(NC(C)(C)C)cc1C(F)(F)F. The molecule has 3 heterocycles. The lowest BCUT2D eigenvalue weighted by molar-refractivity contribution is -0.249. The van der Waals surface area contributed by atoms with Crippen LogP contribution < -0.4 is 10.6 Å². The molecule has 2 unspecified atom stereocenters. The summed E-state index contributed by atoms with van der Waals surface area (Å²) < 4.78 is 81.6. The topological polar surface area (TPSA) is 107 Å². The number of anilines is 1. The molecule has 3 rings (SSSR count). The van der Waals surface area contributed by atoms with E-state index in [4.69, 9.17) is 0 Å². The second kappa shape index (κ2) is 10.6. The molecule has 0 spiro atoms. The number of thiazole rings is 1. The summed E-state index contributed by atoms with van der Waals surface area (Å²) in [6.07, 6.45) is -7.70. The Morgan fingerprint density at radius 2 is 1.79 bits per heavy atom. The van der Waals surface area contributed by atoms with Crippen LogP contribution in [0.5, 0.6) is 0 Å². The molecule has 8 nitrogen and oxygen atoms in total. The van der Waals surface area contributed by atoms with Crippen molar-refractivity contribution in [3.63, 3.8) is 0 Å². The summed E-state index contributed by atoms with van der Waals surface area (Å²) >= 11 is 0.422. The minimum absolute atomic E-state index is 0.0727. The molecule has 216 valence electrons. The minimum Gasteiger partial charge on any atom is -0.379 e. The van der Waals surface area contributed by atoms with Gasteiger partial charge in [0.2, 0.25) is 0 Å². The molecule has 2 aromatic rings. The summed E-state index contributed by atoms with van der Waals surface area (Å²) in [6, 6.07) is 0.553. The molecule has 1 aliphatic heterocycles. The van der Waals surface area contributed by atoms with Crippen molar-refractivity contribution in [2.45, 2.75) is 77.0 Å². The Balaban J connectivity index is 2.11. The van der Waals surface area contributed by atoms with Crippen LogP contribution in [-0.2, 0) is 6.18 Å². The van der Waals surface area contributed by atoms with Crippen LogP contribution in [0.4, 0.5) is 32.2 Å². The van der Waals surface area contributed by atoms with E-state index in [0.717, 1.165) is 12.3 Å². The maximum atomic E-state index is 14.2. The van der Waals surface area contributed by atoms with Crippen molar-refractivity contribution in [1.82, 2.24) is 20.2 Å². The Kier molecular flexibility index (Phi) is 8.29. The third kappa shape index (κ3) is 6.99. The first-order valence-electron chi connectivity index (χ1n) is 12.0. The largest absolute Gasteiger partial charge is 0.418 e. The minimum atomic E-state index is -5.06. The van der Waals surface area contributed by atoms with Crippen molar-refractivity contribution in [3.8, 4) is 10.4 Å². The van der Waals surface area contributed by atoms with E-state index in [1.165, 1.54) is 4.90 Å². The lowest BCUT2D eigenvalue weighted by atomic mass is 10.1. The number of likely N-dealkylation sites (tertiary alicyclic amines) is 1. The number of hydrogen-bond acceptors (Lipinski definition) is 7. The van der Waals surface area contributed by atoms with Gasteiger partial charge in [-0.05, 0) is 53.5 Å². The molecule has 1 saturated heterocycles. The van der Waals surface area contributed by atoms with E-state index >= 15 is 0 Å². The van der Waals surface area contributed by atoms with Crippen molar-refractivity contribution in [2.75, 3.05) is 18.4 Å². The first-order valence-corrected chi connectivity index (χ1v) is 12.8. The third-order valence-electron chi connectivity index (χ3n) is 6.00. The van der Waals surface area contributed by atoms with Gasteiger partial charge < -0.3 is 20.6 Å². The van der Waals surface area contributed by atoms with Crippen LogP contribution in [0, 0.1) is 0 Å². The van der Waals surface area contributed by atoms with Crippen LogP contribution in [0.2, 0.25) is 0 Å². The van der Waals surface area contributed by atoms with Gasteiger partial charge in [0, 0.05) is 29.9 Å². The first-order chi connectivity index (χ1) is 17.7. The molecule has 3 N–H and O–H groups in total. The molecular formula is C24H29F6N5O3S. The Morgan fingerprint density at radius 1 is 1.15 bits per heavy atom. The van der Waals surface area contributed by atoms with Crippen molar-refractivity contribution < 1.29 is 41.0 Å². The van der Waals surface area contributed by atoms with E-state index in [2.05, 4.69) is 15.3 Å². The lowest BCUT2D eigenvalue weighted by Gasteiger charge is -2.26. The Hall–Kier alpha value is -2.94. The highest BCUT2D eigenvalue weighted by Gasteiger charge is 2.50. The Morgan fingerprint density at radius 3 is 2.31 bits per heavy atom. The molecule has 1 aliphatic rings. The number of alkyl halides is 6. The van der Waals surface area contributed by atoms with Crippen molar-refractivity contribution in [1.29, 1.82) is 0 Å². The van der Waals surface area contributed by atoms with Crippen LogP contribution >= 0.6 is 11.3 Å². The summed E-state index contributed by atoms with van der Waals surface area (Å²) in [6.45, 7) is 6.50. The molecule has 2 atom stereocenters. The molecule has 0 radical (unpaired) electrons. The fourth-order valence-corrected chi connectivity index (χ4v) is 4.86. The summed E-state index contributed by atoms with van der Waals surface area (Å²) in [5.74, 6) is -1.97. The monoisotopic (exact) mass is 581 g/mol. The van der Waals surface area contributed by atoms with Crippen LogP contribution in [0.3, 0.4) is 0 Å². The second-order valence-electron chi connectivity index (χ2n) is 10.6. The van der Waals surface area contributed by atoms with Gasteiger partial charge in [-0.15, -0.1) is 11.3 Å². The summed E-state index contributed by atoms with van der Waals surface area (Å²) in [7, 11) is 0. The zero-order valence-corrected chi connectivity index (χ0v) is 22.7. The Labute approximate surface area is 224 Å². The fraction of sp³-hybridized carbons (Fsp3) is 0.583. The standard InChI is InChI=1S/C24H29F6N5O3S/c1-12-7-6-8-35(12)20(37)16-17(39-19(33-16)18(36)32-11-22(5,38)24(28,29)30)13-10-31-15(34-21(2,3)4)9-14(13)23(25,26)27/h9-10,12,38H,6-8,11H2,1-5H3,(H,31,34)(H,32,36). The first kappa shape index (κ1) is 30.6.